The minimum absolute atomic E-state index is 0.0887. The Balaban J connectivity index is 2.36. The van der Waals surface area contributed by atoms with E-state index in [0.717, 1.165) is 0 Å². The van der Waals surface area contributed by atoms with E-state index in [4.69, 9.17) is 16.3 Å². The van der Waals surface area contributed by atoms with Crippen LogP contribution >= 0.6 is 11.6 Å². The number of anilines is 2. The van der Waals surface area contributed by atoms with E-state index in [1.54, 1.807) is 31.4 Å². The fourth-order valence-corrected chi connectivity index (χ4v) is 1.65. The Kier molecular flexibility index (Phi) is 3.82. The zero-order chi connectivity index (χ0) is 13.8. The standard InChI is InChI=1S/C12H10ClN3O3/c1-19-9-4-2-3-8(7-9)14-12-10(16(17)18)5-6-11(13)15-12/h2-7H,1H3,(H,14,15). The van der Waals surface area contributed by atoms with Crippen LogP contribution in [-0.2, 0) is 0 Å². The minimum Gasteiger partial charge on any atom is -0.497 e. The molecule has 19 heavy (non-hydrogen) atoms. The molecule has 0 aliphatic heterocycles. The number of aromatic nitrogens is 1. The first-order valence-electron chi connectivity index (χ1n) is 5.32. The van der Waals surface area contributed by atoms with E-state index in [9.17, 15) is 10.1 Å². The Bertz CT molecular complexity index is 619. The van der Waals surface area contributed by atoms with Crippen LogP contribution in [-0.4, -0.2) is 17.0 Å². The summed E-state index contributed by atoms with van der Waals surface area (Å²) in [6.07, 6.45) is 0. The van der Waals surface area contributed by atoms with Crippen molar-refractivity contribution in [1.29, 1.82) is 0 Å². The lowest BCUT2D eigenvalue weighted by molar-refractivity contribution is -0.384. The van der Waals surface area contributed by atoms with Crippen LogP contribution in [0.25, 0.3) is 0 Å². The zero-order valence-electron chi connectivity index (χ0n) is 9.96. The summed E-state index contributed by atoms with van der Waals surface area (Å²) in [6, 6.07) is 9.65. The third kappa shape index (κ3) is 3.11. The molecule has 7 heteroatoms. The lowest BCUT2D eigenvalue weighted by Gasteiger charge is -2.07. The molecule has 0 unspecified atom stereocenters. The number of halogens is 1. The SMILES string of the molecule is COc1cccc(Nc2nc(Cl)ccc2[N+](=O)[O-])c1. The predicted molar refractivity (Wildman–Crippen MR) is 72.2 cm³/mol. The number of benzene rings is 1. The number of methoxy groups -OCH3 is 1. The number of nitrogens with one attached hydrogen (secondary N) is 1. The van der Waals surface area contributed by atoms with E-state index in [0.29, 0.717) is 11.4 Å². The summed E-state index contributed by atoms with van der Waals surface area (Å²) in [4.78, 5) is 14.3. The van der Waals surface area contributed by atoms with Crippen LogP contribution in [0.1, 0.15) is 0 Å². The van der Waals surface area contributed by atoms with Gasteiger partial charge in [-0.05, 0) is 18.2 Å². The van der Waals surface area contributed by atoms with Crippen molar-refractivity contribution in [3.63, 3.8) is 0 Å². The summed E-state index contributed by atoms with van der Waals surface area (Å²) in [5, 5.41) is 13.9. The second-order valence-corrected chi connectivity index (χ2v) is 4.00. The monoisotopic (exact) mass is 279 g/mol. The van der Waals surface area contributed by atoms with Crippen LogP contribution in [0.5, 0.6) is 5.75 Å². The van der Waals surface area contributed by atoms with E-state index in [2.05, 4.69) is 10.3 Å². The molecule has 0 fully saturated rings. The molecule has 0 aliphatic rings. The molecule has 0 atom stereocenters. The number of hydrogen-bond acceptors (Lipinski definition) is 5. The minimum atomic E-state index is -0.522. The van der Waals surface area contributed by atoms with Crippen LogP contribution in [0.15, 0.2) is 36.4 Å². The molecule has 1 heterocycles. The van der Waals surface area contributed by atoms with Crippen LogP contribution in [0, 0.1) is 10.1 Å². The van der Waals surface area contributed by atoms with Gasteiger partial charge < -0.3 is 10.1 Å². The third-order valence-corrected chi connectivity index (χ3v) is 2.58. The van der Waals surface area contributed by atoms with Crippen molar-refractivity contribution in [1.82, 2.24) is 4.98 Å². The normalized spacial score (nSPS) is 10.0. The Labute approximate surface area is 114 Å². The van der Waals surface area contributed by atoms with Gasteiger partial charge in [-0.25, -0.2) is 4.98 Å². The topological polar surface area (TPSA) is 77.3 Å². The molecule has 0 spiro atoms. The van der Waals surface area contributed by atoms with Crippen molar-refractivity contribution in [2.75, 3.05) is 12.4 Å². The van der Waals surface area contributed by atoms with E-state index in [-0.39, 0.29) is 16.7 Å². The maximum Gasteiger partial charge on any atom is 0.311 e. The number of rotatable bonds is 4. The van der Waals surface area contributed by atoms with Gasteiger partial charge in [-0.3, -0.25) is 10.1 Å². The molecule has 0 saturated carbocycles. The fourth-order valence-electron chi connectivity index (χ4n) is 1.50. The van der Waals surface area contributed by atoms with E-state index in [1.165, 1.54) is 12.1 Å². The van der Waals surface area contributed by atoms with Crippen molar-refractivity contribution < 1.29 is 9.66 Å². The molecule has 1 aromatic heterocycles. The maximum absolute atomic E-state index is 10.9. The molecule has 1 aromatic carbocycles. The van der Waals surface area contributed by atoms with Gasteiger partial charge in [0.1, 0.15) is 10.9 Å². The molecular formula is C12H10ClN3O3. The summed E-state index contributed by atoms with van der Waals surface area (Å²) in [5.74, 6) is 0.723. The van der Waals surface area contributed by atoms with Crippen molar-refractivity contribution in [3.8, 4) is 5.75 Å². The van der Waals surface area contributed by atoms with E-state index < -0.39 is 4.92 Å². The Morgan fingerprint density at radius 1 is 1.37 bits per heavy atom. The number of hydrogen-bond donors (Lipinski definition) is 1. The highest BCUT2D eigenvalue weighted by atomic mass is 35.5. The first-order valence-corrected chi connectivity index (χ1v) is 5.70. The molecule has 0 bridgehead atoms. The lowest BCUT2D eigenvalue weighted by atomic mass is 10.3. The fraction of sp³-hybridized carbons (Fsp3) is 0.0833. The third-order valence-electron chi connectivity index (χ3n) is 2.37. The summed E-state index contributed by atoms with van der Waals surface area (Å²) < 4.78 is 5.07. The molecule has 2 aromatic rings. The lowest BCUT2D eigenvalue weighted by Crippen LogP contribution is -2.00. The van der Waals surface area contributed by atoms with Crippen molar-refractivity contribution >= 4 is 28.8 Å². The van der Waals surface area contributed by atoms with Gasteiger partial charge in [-0.2, -0.15) is 0 Å². The van der Waals surface area contributed by atoms with Crippen molar-refractivity contribution in [2.24, 2.45) is 0 Å². The molecule has 2 rings (SSSR count). The van der Waals surface area contributed by atoms with Gasteiger partial charge in [0, 0.05) is 17.8 Å². The second kappa shape index (κ2) is 5.53. The number of nitrogens with zero attached hydrogens (tertiary/aromatic N) is 2. The van der Waals surface area contributed by atoms with Gasteiger partial charge in [0.2, 0.25) is 5.82 Å². The Hall–Kier alpha value is -2.34. The predicted octanol–water partition coefficient (Wildman–Crippen LogP) is 3.40. The van der Waals surface area contributed by atoms with Crippen molar-refractivity contribution in [2.45, 2.75) is 0 Å². The molecule has 0 radical (unpaired) electrons. The summed E-state index contributed by atoms with van der Waals surface area (Å²) in [5.41, 5.74) is 0.476. The molecule has 6 nitrogen and oxygen atoms in total. The van der Waals surface area contributed by atoms with Gasteiger partial charge in [0.25, 0.3) is 0 Å². The highest BCUT2D eigenvalue weighted by Crippen LogP contribution is 2.28. The molecule has 0 amide bonds. The Morgan fingerprint density at radius 3 is 2.84 bits per heavy atom. The highest BCUT2D eigenvalue weighted by Gasteiger charge is 2.15. The highest BCUT2D eigenvalue weighted by molar-refractivity contribution is 6.29. The van der Waals surface area contributed by atoms with E-state index in [1.807, 2.05) is 0 Å². The molecule has 0 aliphatic carbocycles. The zero-order valence-corrected chi connectivity index (χ0v) is 10.7. The van der Waals surface area contributed by atoms with Crippen LogP contribution < -0.4 is 10.1 Å². The molecule has 0 saturated heterocycles. The number of ether oxygens (including phenoxy) is 1. The first-order chi connectivity index (χ1) is 9.10. The average Bonchev–Trinajstić information content (AvgIpc) is 2.38. The summed E-state index contributed by atoms with van der Waals surface area (Å²) in [6.45, 7) is 0. The van der Waals surface area contributed by atoms with Crippen LogP contribution in [0.4, 0.5) is 17.2 Å². The maximum atomic E-state index is 10.9. The largest absolute Gasteiger partial charge is 0.497 e. The van der Waals surface area contributed by atoms with Gasteiger partial charge in [-0.1, -0.05) is 17.7 Å². The number of nitro groups is 1. The van der Waals surface area contributed by atoms with Crippen LogP contribution in [0.3, 0.4) is 0 Å². The quantitative estimate of drug-likeness (QED) is 0.527. The smallest absolute Gasteiger partial charge is 0.311 e. The van der Waals surface area contributed by atoms with Gasteiger partial charge >= 0.3 is 5.69 Å². The number of pyridine rings is 1. The summed E-state index contributed by atoms with van der Waals surface area (Å²) in [7, 11) is 1.54. The molecule has 98 valence electrons. The van der Waals surface area contributed by atoms with Gasteiger partial charge in [0.05, 0.1) is 12.0 Å². The first kappa shape index (κ1) is 13.1. The summed E-state index contributed by atoms with van der Waals surface area (Å²) >= 11 is 5.75. The Morgan fingerprint density at radius 2 is 2.16 bits per heavy atom. The van der Waals surface area contributed by atoms with Crippen LogP contribution in [0.2, 0.25) is 5.15 Å². The van der Waals surface area contributed by atoms with Crippen molar-refractivity contribution in [3.05, 3.63) is 51.7 Å². The molecule has 1 N–H and O–H groups in total. The van der Waals surface area contributed by atoms with Gasteiger partial charge in [-0.15, -0.1) is 0 Å². The second-order valence-electron chi connectivity index (χ2n) is 3.62. The van der Waals surface area contributed by atoms with E-state index >= 15 is 0 Å². The van der Waals surface area contributed by atoms with Gasteiger partial charge in [0.15, 0.2) is 0 Å². The average molecular weight is 280 g/mol. The molecular weight excluding hydrogens is 270 g/mol.